The molecule has 2 rings (SSSR count). The van der Waals surface area contributed by atoms with Crippen molar-refractivity contribution in [1.82, 2.24) is 4.98 Å². The molecule has 0 saturated heterocycles. The molecule has 2 aromatic rings. The molecule has 0 aliphatic rings. The number of hydrogen-bond acceptors (Lipinski definition) is 3. The smallest absolute Gasteiger partial charge is 0.219 e. The fourth-order valence-corrected chi connectivity index (χ4v) is 1.44. The number of aliphatic hydroxyl groups excluding tert-OH is 1. The maximum Gasteiger partial charge on any atom is 0.219 e. The highest BCUT2D eigenvalue weighted by atomic mass is 35.5. The maximum atomic E-state index is 13.3. The molecule has 0 fully saturated rings. The third kappa shape index (κ3) is 2.72. The minimum absolute atomic E-state index is 0.0752. The van der Waals surface area contributed by atoms with Crippen molar-refractivity contribution < 1.29 is 14.2 Å². The molecule has 0 aliphatic carbocycles. The molecule has 0 unspecified atom stereocenters. The number of hydrogen-bond donors (Lipinski definition) is 1. The number of halogens is 2. The summed E-state index contributed by atoms with van der Waals surface area (Å²) in [6.45, 7) is -0.298. The maximum absolute atomic E-state index is 13.3. The predicted octanol–water partition coefficient (Wildman–Crippen LogP) is 3.16. The molecular weight excluding hydrogens is 245 g/mol. The van der Waals surface area contributed by atoms with E-state index >= 15 is 0 Å². The van der Waals surface area contributed by atoms with Crippen LogP contribution < -0.4 is 4.74 Å². The zero-order valence-corrected chi connectivity index (χ0v) is 9.49. The Hall–Kier alpha value is -1.65. The molecule has 1 heterocycles. The molecule has 0 radical (unpaired) electrons. The van der Waals surface area contributed by atoms with Crippen molar-refractivity contribution in [2.24, 2.45) is 0 Å². The van der Waals surface area contributed by atoms with Gasteiger partial charge in [-0.1, -0.05) is 23.7 Å². The van der Waals surface area contributed by atoms with Gasteiger partial charge in [-0.05, 0) is 18.2 Å². The van der Waals surface area contributed by atoms with E-state index in [2.05, 4.69) is 4.98 Å². The summed E-state index contributed by atoms with van der Waals surface area (Å²) in [5.41, 5.74) is 0.292. The van der Waals surface area contributed by atoms with Crippen LogP contribution in [0, 0.1) is 5.82 Å². The number of para-hydroxylation sites is 1. The molecule has 1 N–H and O–H groups in total. The topological polar surface area (TPSA) is 42.4 Å². The number of ether oxygens (including phenoxy) is 1. The molecule has 0 bridgehead atoms. The van der Waals surface area contributed by atoms with Gasteiger partial charge in [0.15, 0.2) is 11.6 Å². The first kappa shape index (κ1) is 11.8. The van der Waals surface area contributed by atoms with Crippen molar-refractivity contribution in [2.45, 2.75) is 6.61 Å². The zero-order valence-electron chi connectivity index (χ0n) is 8.73. The summed E-state index contributed by atoms with van der Waals surface area (Å²) in [6, 6.07) is 9.05. The van der Waals surface area contributed by atoms with Crippen LogP contribution in [0.1, 0.15) is 5.69 Å². The lowest BCUT2D eigenvalue weighted by Gasteiger charge is -2.07. The minimum atomic E-state index is -0.477. The van der Waals surface area contributed by atoms with E-state index in [4.69, 9.17) is 21.4 Å². The van der Waals surface area contributed by atoms with Crippen LogP contribution in [0.2, 0.25) is 5.02 Å². The Bertz CT molecular complexity index is 534. The molecule has 0 aliphatic heterocycles. The van der Waals surface area contributed by atoms with Gasteiger partial charge in [-0.2, -0.15) is 0 Å². The Morgan fingerprint density at radius 3 is 2.71 bits per heavy atom. The largest absolute Gasteiger partial charge is 0.436 e. The second-order valence-corrected chi connectivity index (χ2v) is 3.68. The molecule has 0 saturated carbocycles. The van der Waals surface area contributed by atoms with Crippen molar-refractivity contribution in [3.05, 3.63) is 52.9 Å². The Balaban J connectivity index is 2.28. The van der Waals surface area contributed by atoms with Crippen LogP contribution in [0.15, 0.2) is 36.4 Å². The van der Waals surface area contributed by atoms with Crippen molar-refractivity contribution in [3.63, 3.8) is 0 Å². The summed E-state index contributed by atoms with van der Waals surface area (Å²) >= 11 is 5.78. The first-order valence-electron chi connectivity index (χ1n) is 4.89. The Labute approximate surface area is 102 Å². The number of nitrogens with zero attached hydrogens (tertiary/aromatic N) is 1. The van der Waals surface area contributed by atoms with Gasteiger partial charge in [-0.25, -0.2) is 9.37 Å². The summed E-state index contributed by atoms with van der Waals surface area (Å²) in [4.78, 5) is 3.96. The van der Waals surface area contributed by atoms with E-state index in [1.807, 2.05) is 0 Å². The molecule has 1 aromatic heterocycles. The Kier molecular flexibility index (Phi) is 3.56. The van der Waals surface area contributed by atoms with Gasteiger partial charge < -0.3 is 9.84 Å². The van der Waals surface area contributed by atoms with Gasteiger partial charge in [-0.15, -0.1) is 0 Å². The van der Waals surface area contributed by atoms with Crippen LogP contribution in [0.25, 0.3) is 0 Å². The number of pyridine rings is 1. The van der Waals surface area contributed by atoms with E-state index in [-0.39, 0.29) is 18.2 Å². The van der Waals surface area contributed by atoms with Crippen LogP contribution >= 0.6 is 11.6 Å². The highest BCUT2D eigenvalue weighted by molar-refractivity contribution is 6.31. The fraction of sp³-hybridized carbons (Fsp3) is 0.0833. The van der Waals surface area contributed by atoms with Gasteiger partial charge in [0.2, 0.25) is 5.88 Å². The van der Waals surface area contributed by atoms with Crippen LogP contribution in [-0.2, 0) is 6.61 Å². The van der Waals surface area contributed by atoms with Crippen LogP contribution in [0.4, 0.5) is 4.39 Å². The SMILES string of the molecule is OCc1nc(Oc2ccccc2F)ccc1Cl. The Morgan fingerprint density at radius 1 is 1.24 bits per heavy atom. The second kappa shape index (κ2) is 5.12. The molecule has 88 valence electrons. The third-order valence-electron chi connectivity index (χ3n) is 2.09. The normalized spacial score (nSPS) is 10.3. The minimum Gasteiger partial charge on any atom is -0.436 e. The van der Waals surface area contributed by atoms with Gasteiger partial charge in [0, 0.05) is 6.07 Å². The molecule has 0 spiro atoms. The molecule has 5 heteroatoms. The summed E-state index contributed by atoms with van der Waals surface area (Å²) in [5.74, 6) is -0.218. The number of benzene rings is 1. The number of aromatic nitrogens is 1. The predicted molar refractivity (Wildman–Crippen MR) is 61.6 cm³/mol. The van der Waals surface area contributed by atoms with Gasteiger partial charge in [0.05, 0.1) is 17.3 Å². The summed E-state index contributed by atoms with van der Waals surface area (Å²) < 4.78 is 18.6. The van der Waals surface area contributed by atoms with Gasteiger partial charge in [0.1, 0.15) is 0 Å². The van der Waals surface area contributed by atoms with E-state index < -0.39 is 5.82 Å². The number of rotatable bonds is 3. The lowest BCUT2D eigenvalue weighted by molar-refractivity contribution is 0.275. The molecule has 17 heavy (non-hydrogen) atoms. The highest BCUT2D eigenvalue weighted by Gasteiger charge is 2.07. The van der Waals surface area contributed by atoms with Gasteiger partial charge in [0.25, 0.3) is 0 Å². The van der Waals surface area contributed by atoms with E-state index in [0.717, 1.165) is 0 Å². The van der Waals surface area contributed by atoms with Crippen LogP contribution in [0.5, 0.6) is 11.6 Å². The quantitative estimate of drug-likeness (QED) is 0.914. The monoisotopic (exact) mass is 253 g/mol. The summed E-state index contributed by atoms with van der Waals surface area (Å²) in [7, 11) is 0. The van der Waals surface area contributed by atoms with Gasteiger partial charge in [-0.3, -0.25) is 0 Å². The molecule has 3 nitrogen and oxygen atoms in total. The lowest BCUT2D eigenvalue weighted by atomic mass is 10.3. The first-order valence-corrected chi connectivity index (χ1v) is 5.27. The van der Waals surface area contributed by atoms with Crippen LogP contribution in [0.3, 0.4) is 0 Å². The zero-order chi connectivity index (χ0) is 12.3. The standard InChI is InChI=1S/C12H9ClFNO2/c13-8-5-6-12(15-10(8)7-16)17-11-4-2-1-3-9(11)14/h1-6,16H,7H2. The van der Waals surface area contributed by atoms with E-state index in [9.17, 15) is 4.39 Å². The van der Waals surface area contributed by atoms with Gasteiger partial charge >= 0.3 is 0 Å². The van der Waals surface area contributed by atoms with Crippen LogP contribution in [-0.4, -0.2) is 10.1 Å². The molecule has 0 atom stereocenters. The summed E-state index contributed by atoms with van der Waals surface area (Å²) in [6.07, 6.45) is 0. The molecule has 1 aromatic carbocycles. The summed E-state index contributed by atoms with van der Waals surface area (Å²) in [5, 5.41) is 9.33. The van der Waals surface area contributed by atoms with E-state index in [1.54, 1.807) is 12.1 Å². The molecular formula is C12H9ClFNO2. The highest BCUT2D eigenvalue weighted by Crippen LogP contribution is 2.24. The van der Waals surface area contributed by atoms with Crippen molar-refractivity contribution in [2.75, 3.05) is 0 Å². The Morgan fingerprint density at radius 2 is 2.00 bits per heavy atom. The van der Waals surface area contributed by atoms with E-state index in [1.165, 1.54) is 24.3 Å². The first-order chi connectivity index (χ1) is 8.20. The van der Waals surface area contributed by atoms with E-state index in [0.29, 0.717) is 10.7 Å². The second-order valence-electron chi connectivity index (χ2n) is 3.27. The van der Waals surface area contributed by atoms with Crippen molar-refractivity contribution in [1.29, 1.82) is 0 Å². The lowest BCUT2D eigenvalue weighted by Crippen LogP contribution is -1.95. The number of aliphatic hydroxyl groups is 1. The third-order valence-corrected chi connectivity index (χ3v) is 2.44. The average Bonchev–Trinajstić information content (AvgIpc) is 2.34. The van der Waals surface area contributed by atoms with Crippen molar-refractivity contribution in [3.8, 4) is 11.6 Å². The fourth-order valence-electron chi connectivity index (χ4n) is 1.27. The average molecular weight is 254 g/mol. The van der Waals surface area contributed by atoms with Crippen molar-refractivity contribution >= 4 is 11.6 Å². The molecule has 0 amide bonds.